The highest BCUT2D eigenvalue weighted by atomic mass is 16.4. The quantitative estimate of drug-likeness (QED) is 0.823. The van der Waals surface area contributed by atoms with E-state index < -0.39 is 12.0 Å². The molecule has 0 aromatic heterocycles. The topological polar surface area (TPSA) is 77.8 Å². The molecule has 2 N–H and O–H groups in total. The van der Waals surface area contributed by atoms with E-state index in [9.17, 15) is 14.7 Å². The van der Waals surface area contributed by atoms with E-state index in [0.717, 1.165) is 5.56 Å². The Morgan fingerprint density at radius 1 is 1.30 bits per heavy atom. The van der Waals surface area contributed by atoms with Crippen molar-refractivity contribution in [3.05, 3.63) is 35.9 Å². The molecule has 0 radical (unpaired) electrons. The van der Waals surface area contributed by atoms with Crippen molar-refractivity contribution in [2.24, 2.45) is 5.92 Å². The van der Waals surface area contributed by atoms with Crippen molar-refractivity contribution >= 4 is 18.0 Å². The van der Waals surface area contributed by atoms with Crippen molar-refractivity contribution in [1.82, 2.24) is 4.90 Å². The standard InChI is InChI=1S/C15H17NO4/c1-10-8-9-16(14(10)15(19)20)13(18)7-4-11-2-5-12(17)6-3-11/h2-7,10,14,17H,8-9H2,1H3,(H,19,20)/b7-4+. The largest absolute Gasteiger partial charge is 0.508 e. The number of benzene rings is 1. The summed E-state index contributed by atoms with van der Waals surface area (Å²) in [5, 5.41) is 18.3. The van der Waals surface area contributed by atoms with Gasteiger partial charge in [-0.2, -0.15) is 0 Å². The molecule has 1 fully saturated rings. The van der Waals surface area contributed by atoms with Gasteiger partial charge in [-0.1, -0.05) is 19.1 Å². The number of amides is 1. The smallest absolute Gasteiger partial charge is 0.326 e. The SMILES string of the molecule is CC1CCN(C(=O)/C=C/c2ccc(O)cc2)C1C(=O)O. The van der Waals surface area contributed by atoms with Crippen LogP contribution in [-0.4, -0.2) is 39.6 Å². The highest BCUT2D eigenvalue weighted by Gasteiger charge is 2.38. The van der Waals surface area contributed by atoms with Crippen LogP contribution >= 0.6 is 0 Å². The summed E-state index contributed by atoms with van der Waals surface area (Å²) in [5.41, 5.74) is 0.773. The Kier molecular flexibility index (Phi) is 4.08. The molecule has 1 aliphatic rings. The van der Waals surface area contributed by atoms with E-state index in [1.54, 1.807) is 18.2 Å². The number of aliphatic carboxylic acids is 1. The molecule has 0 aliphatic carbocycles. The molecule has 1 amide bonds. The summed E-state index contributed by atoms with van der Waals surface area (Å²) in [5.74, 6) is -1.12. The first-order chi connectivity index (χ1) is 9.49. The van der Waals surface area contributed by atoms with Gasteiger partial charge in [0, 0.05) is 12.6 Å². The molecule has 20 heavy (non-hydrogen) atoms. The molecule has 0 saturated carbocycles. The van der Waals surface area contributed by atoms with Crippen molar-refractivity contribution in [3.8, 4) is 5.75 Å². The van der Waals surface area contributed by atoms with Crippen LogP contribution in [0.1, 0.15) is 18.9 Å². The Morgan fingerprint density at radius 3 is 2.55 bits per heavy atom. The molecule has 2 rings (SSSR count). The van der Waals surface area contributed by atoms with E-state index in [4.69, 9.17) is 5.11 Å². The Labute approximate surface area is 117 Å². The van der Waals surface area contributed by atoms with Crippen LogP contribution in [0.3, 0.4) is 0 Å². The third-order valence-electron chi connectivity index (χ3n) is 3.55. The number of aromatic hydroxyl groups is 1. The average Bonchev–Trinajstić information content (AvgIpc) is 2.80. The van der Waals surface area contributed by atoms with E-state index in [2.05, 4.69) is 0 Å². The summed E-state index contributed by atoms with van der Waals surface area (Å²) < 4.78 is 0. The van der Waals surface area contributed by atoms with Gasteiger partial charge in [0.1, 0.15) is 11.8 Å². The Bertz CT molecular complexity index is 535. The van der Waals surface area contributed by atoms with Crippen LogP contribution in [0.2, 0.25) is 0 Å². The molecular weight excluding hydrogens is 258 g/mol. The van der Waals surface area contributed by atoms with Gasteiger partial charge in [0.2, 0.25) is 5.91 Å². The molecule has 0 bridgehead atoms. The Morgan fingerprint density at radius 2 is 1.95 bits per heavy atom. The van der Waals surface area contributed by atoms with Crippen molar-refractivity contribution < 1.29 is 19.8 Å². The minimum absolute atomic E-state index is 0.0291. The number of hydrogen-bond acceptors (Lipinski definition) is 3. The van der Waals surface area contributed by atoms with Crippen LogP contribution < -0.4 is 0 Å². The lowest BCUT2D eigenvalue weighted by atomic mass is 10.0. The summed E-state index contributed by atoms with van der Waals surface area (Å²) in [6.07, 6.45) is 3.69. The van der Waals surface area contributed by atoms with Crippen LogP contribution in [-0.2, 0) is 9.59 Å². The van der Waals surface area contributed by atoms with Crippen molar-refractivity contribution in [2.75, 3.05) is 6.54 Å². The number of nitrogens with zero attached hydrogens (tertiary/aromatic N) is 1. The molecule has 5 nitrogen and oxygen atoms in total. The zero-order valence-electron chi connectivity index (χ0n) is 11.2. The summed E-state index contributed by atoms with van der Waals surface area (Å²) in [6, 6.07) is 5.68. The zero-order valence-corrected chi connectivity index (χ0v) is 11.2. The molecular formula is C15H17NO4. The fourth-order valence-electron chi connectivity index (χ4n) is 2.42. The normalized spacial score (nSPS) is 22.4. The number of carboxylic acids is 1. The number of hydrogen-bond donors (Lipinski definition) is 2. The number of carboxylic acid groups (broad SMARTS) is 1. The second-order valence-electron chi connectivity index (χ2n) is 5.01. The predicted octanol–water partition coefficient (Wildman–Crippen LogP) is 1.73. The van der Waals surface area contributed by atoms with Crippen LogP contribution in [0.4, 0.5) is 0 Å². The average molecular weight is 275 g/mol. The maximum Gasteiger partial charge on any atom is 0.326 e. The monoisotopic (exact) mass is 275 g/mol. The van der Waals surface area contributed by atoms with E-state index in [1.165, 1.54) is 23.1 Å². The van der Waals surface area contributed by atoms with E-state index in [0.29, 0.717) is 13.0 Å². The van der Waals surface area contributed by atoms with Gasteiger partial charge in [0.05, 0.1) is 0 Å². The first-order valence-electron chi connectivity index (χ1n) is 6.49. The minimum atomic E-state index is -0.957. The maximum absolute atomic E-state index is 12.1. The van der Waals surface area contributed by atoms with E-state index in [-0.39, 0.29) is 17.6 Å². The molecule has 106 valence electrons. The van der Waals surface area contributed by atoms with Gasteiger partial charge >= 0.3 is 5.97 Å². The van der Waals surface area contributed by atoms with Gasteiger partial charge < -0.3 is 15.1 Å². The van der Waals surface area contributed by atoms with Gasteiger partial charge in [-0.3, -0.25) is 4.79 Å². The highest BCUT2D eigenvalue weighted by Crippen LogP contribution is 2.24. The number of carbonyl (C=O) groups excluding carboxylic acids is 1. The number of rotatable bonds is 3. The Balaban J connectivity index is 2.08. The van der Waals surface area contributed by atoms with Gasteiger partial charge in [0.15, 0.2) is 0 Å². The summed E-state index contributed by atoms with van der Waals surface area (Å²) >= 11 is 0. The lowest BCUT2D eigenvalue weighted by Crippen LogP contribution is -2.42. The van der Waals surface area contributed by atoms with Crippen molar-refractivity contribution in [2.45, 2.75) is 19.4 Å². The minimum Gasteiger partial charge on any atom is -0.508 e. The molecule has 1 aromatic rings. The molecule has 2 atom stereocenters. The molecule has 5 heteroatoms. The van der Waals surface area contributed by atoms with E-state index >= 15 is 0 Å². The number of carbonyl (C=O) groups is 2. The van der Waals surface area contributed by atoms with Crippen LogP contribution in [0.25, 0.3) is 6.08 Å². The number of phenolic OH excluding ortho intramolecular Hbond substituents is 1. The fraction of sp³-hybridized carbons (Fsp3) is 0.333. The molecule has 0 spiro atoms. The summed E-state index contributed by atoms with van der Waals surface area (Å²) in [6.45, 7) is 2.31. The highest BCUT2D eigenvalue weighted by molar-refractivity contribution is 5.94. The van der Waals surface area contributed by atoms with Crippen LogP contribution in [0.15, 0.2) is 30.3 Å². The fourth-order valence-corrected chi connectivity index (χ4v) is 2.42. The number of likely N-dealkylation sites (tertiary alicyclic amines) is 1. The zero-order chi connectivity index (χ0) is 14.7. The van der Waals surface area contributed by atoms with Crippen molar-refractivity contribution in [1.29, 1.82) is 0 Å². The lowest BCUT2D eigenvalue weighted by molar-refractivity contribution is -0.147. The van der Waals surface area contributed by atoms with E-state index in [1.807, 2.05) is 6.92 Å². The summed E-state index contributed by atoms with van der Waals surface area (Å²) in [7, 11) is 0. The molecule has 1 aliphatic heterocycles. The molecule has 1 aromatic carbocycles. The van der Waals surface area contributed by atoms with Gasteiger partial charge in [-0.25, -0.2) is 4.79 Å². The lowest BCUT2D eigenvalue weighted by Gasteiger charge is -2.21. The van der Waals surface area contributed by atoms with Gasteiger partial charge in [0.25, 0.3) is 0 Å². The molecule has 2 unspecified atom stereocenters. The maximum atomic E-state index is 12.1. The first kappa shape index (κ1) is 14.1. The summed E-state index contributed by atoms with van der Waals surface area (Å²) in [4.78, 5) is 24.7. The Hall–Kier alpha value is -2.30. The predicted molar refractivity (Wildman–Crippen MR) is 74.1 cm³/mol. The first-order valence-corrected chi connectivity index (χ1v) is 6.49. The van der Waals surface area contributed by atoms with Crippen molar-refractivity contribution in [3.63, 3.8) is 0 Å². The third-order valence-corrected chi connectivity index (χ3v) is 3.55. The molecule has 1 heterocycles. The van der Waals surface area contributed by atoms with Crippen LogP contribution in [0.5, 0.6) is 5.75 Å². The molecule has 1 saturated heterocycles. The van der Waals surface area contributed by atoms with Crippen LogP contribution in [0, 0.1) is 5.92 Å². The number of phenols is 1. The van der Waals surface area contributed by atoms with Gasteiger partial charge in [-0.15, -0.1) is 0 Å². The second kappa shape index (κ2) is 5.77. The second-order valence-corrected chi connectivity index (χ2v) is 5.01. The van der Waals surface area contributed by atoms with Gasteiger partial charge in [-0.05, 0) is 36.1 Å². The third kappa shape index (κ3) is 2.99.